The average molecular weight is 380 g/mol. The van der Waals surface area contributed by atoms with Crippen LogP contribution in [0.25, 0.3) is 0 Å². The van der Waals surface area contributed by atoms with Crippen molar-refractivity contribution in [3.63, 3.8) is 0 Å². The van der Waals surface area contributed by atoms with E-state index in [1.165, 1.54) is 6.92 Å². The number of allylic oxidation sites excluding steroid dienone is 1. The Morgan fingerprint density at radius 2 is 1.73 bits per heavy atom. The van der Waals surface area contributed by atoms with Gasteiger partial charge in [0, 0.05) is 18.5 Å². The van der Waals surface area contributed by atoms with Gasteiger partial charge in [-0.25, -0.2) is 5.84 Å². The quantitative estimate of drug-likeness (QED) is 0.324. The van der Waals surface area contributed by atoms with Gasteiger partial charge in [-0.3, -0.25) is 0 Å². The molecule has 0 aliphatic carbocycles. The van der Waals surface area contributed by atoms with E-state index >= 15 is 0 Å². The van der Waals surface area contributed by atoms with Crippen molar-refractivity contribution in [3.8, 4) is 0 Å². The van der Waals surface area contributed by atoms with Crippen LogP contribution in [0.5, 0.6) is 0 Å². The van der Waals surface area contributed by atoms with Gasteiger partial charge in [0.15, 0.2) is 5.79 Å². The molecule has 158 valence electrons. The SMILES string of the molecule is C/C(N)=C/N(N)C1CCOC2COC(C)(C)OC21.CC.CC.CC(O)O. The molecule has 2 heterocycles. The highest BCUT2D eigenvalue weighted by Crippen LogP contribution is 2.31. The Labute approximate surface area is 159 Å². The standard InChI is InChI=1S/C12H23N3O3.C2H6O2.2C2H6/c1-8(13)6-15(14)9-4-5-16-10-7-17-12(2,3)18-11(9)10;1-2(3)4;2*1-2/h6,9-11H,4-5,7,13-14H2,1-3H3;2-4H,1H3;2*1-2H3/b8-6-;;;. The Morgan fingerprint density at radius 3 is 2.19 bits per heavy atom. The molecule has 0 aromatic carbocycles. The van der Waals surface area contributed by atoms with Gasteiger partial charge in [-0.15, -0.1) is 0 Å². The summed E-state index contributed by atoms with van der Waals surface area (Å²) in [6, 6.07) is 0.0606. The van der Waals surface area contributed by atoms with Crippen molar-refractivity contribution >= 4 is 0 Å². The third-order valence-corrected chi connectivity index (χ3v) is 3.24. The van der Waals surface area contributed by atoms with Crippen LogP contribution >= 0.6 is 0 Å². The number of fused-ring (bicyclic) bond motifs is 1. The molecule has 2 fully saturated rings. The highest BCUT2D eigenvalue weighted by Gasteiger charge is 2.45. The second-order valence-electron chi connectivity index (χ2n) is 6.01. The first-order valence-corrected chi connectivity index (χ1v) is 9.39. The summed E-state index contributed by atoms with van der Waals surface area (Å²) in [5.41, 5.74) is 6.34. The molecule has 3 unspecified atom stereocenters. The Balaban J connectivity index is 0. The fourth-order valence-electron chi connectivity index (χ4n) is 2.44. The van der Waals surface area contributed by atoms with Crippen LogP contribution in [-0.2, 0) is 14.2 Å². The minimum absolute atomic E-state index is 0.0606. The van der Waals surface area contributed by atoms with Gasteiger partial charge in [0.2, 0.25) is 0 Å². The number of aliphatic hydroxyl groups excluding tert-OH is 1. The van der Waals surface area contributed by atoms with Gasteiger partial charge in [-0.05, 0) is 34.1 Å². The number of rotatable bonds is 2. The van der Waals surface area contributed by atoms with Crippen molar-refractivity contribution in [1.82, 2.24) is 5.01 Å². The van der Waals surface area contributed by atoms with Crippen LogP contribution in [0.1, 0.15) is 61.8 Å². The zero-order chi connectivity index (χ0) is 20.9. The number of hydrogen-bond donors (Lipinski definition) is 4. The third kappa shape index (κ3) is 10.9. The summed E-state index contributed by atoms with van der Waals surface area (Å²) in [5.74, 6) is 5.45. The van der Waals surface area contributed by atoms with Gasteiger partial charge in [0.1, 0.15) is 18.5 Å². The zero-order valence-corrected chi connectivity index (χ0v) is 17.7. The molecule has 0 spiro atoms. The van der Waals surface area contributed by atoms with Crippen LogP contribution in [0.4, 0.5) is 0 Å². The second-order valence-corrected chi connectivity index (χ2v) is 6.01. The van der Waals surface area contributed by atoms with Crippen LogP contribution < -0.4 is 11.6 Å². The third-order valence-electron chi connectivity index (χ3n) is 3.24. The lowest BCUT2D eigenvalue weighted by Crippen LogP contribution is -2.61. The van der Waals surface area contributed by atoms with Crippen molar-refractivity contribution in [1.29, 1.82) is 0 Å². The first-order valence-electron chi connectivity index (χ1n) is 9.39. The molecule has 8 nitrogen and oxygen atoms in total. The number of nitrogens with two attached hydrogens (primary N) is 2. The van der Waals surface area contributed by atoms with Gasteiger partial charge in [-0.1, -0.05) is 27.7 Å². The molecule has 26 heavy (non-hydrogen) atoms. The molecule has 2 aliphatic heterocycles. The van der Waals surface area contributed by atoms with Crippen molar-refractivity contribution in [2.45, 2.75) is 92.1 Å². The van der Waals surface area contributed by atoms with Crippen molar-refractivity contribution in [3.05, 3.63) is 11.9 Å². The Hall–Kier alpha value is -0.900. The van der Waals surface area contributed by atoms with Gasteiger partial charge in [0.25, 0.3) is 0 Å². The molecule has 3 atom stereocenters. The largest absolute Gasteiger partial charge is 0.401 e. The van der Waals surface area contributed by atoms with Gasteiger partial charge < -0.3 is 35.2 Å². The Kier molecular flexibility index (Phi) is 14.9. The van der Waals surface area contributed by atoms with Crippen LogP contribution in [0, 0.1) is 0 Å². The van der Waals surface area contributed by atoms with E-state index in [0.717, 1.165) is 6.42 Å². The summed E-state index contributed by atoms with van der Waals surface area (Å²) in [7, 11) is 0. The predicted molar refractivity (Wildman–Crippen MR) is 104 cm³/mol. The number of hydrogen-bond acceptors (Lipinski definition) is 8. The van der Waals surface area contributed by atoms with E-state index in [1.807, 2.05) is 48.5 Å². The molecule has 2 aliphatic rings. The molecule has 6 N–H and O–H groups in total. The molecule has 0 saturated carbocycles. The number of hydrazine groups is 1. The summed E-state index contributed by atoms with van der Waals surface area (Å²) >= 11 is 0. The molecule has 2 saturated heterocycles. The lowest BCUT2D eigenvalue weighted by Gasteiger charge is -2.48. The average Bonchev–Trinajstić information content (AvgIpc) is 2.56. The maximum Gasteiger partial charge on any atom is 0.163 e. The molecule has 0 amide bonds. The lowest BCUT2D eigenvalue weighted by molar-refractivity contribution is -0.329. The minimum Gasteiger partial charge on any atom is -0.401 e. The fourth-order valence-corrected chi connectivity index (χ4v) is 2.44. The Morgan fingerprint density at radius 1 is 1.23 bits per heavy atom. The van der Waals surface area contributed by atoms with E-state index in [1.54, 1.807) is 11.2 Å². The molecule has 2 rings (SSSR count). The van der Waals surface area contributed by atoms with Crippen molar-refractivity contribution in [2.24, 2.45) is 11.6 Å². The molecule has 0 bridgehead atoms. The maximum atomic E-state index is 7.61. The summed E-state index contributed by atoms with van der Waals surface area (Å²) in [6.45, 7) is 16.1. The molecule has 0 aromatic rings. The zero-order valence-electron chi connectivity index (χ0n) is 17.7. The summed E-state index contributed by atoms with van der Waals surface area (Å²) < 4.78 is 17.2. The Bertz CT molecular complexity index is 371. The fraction of sp³-hybridized carbons (Fsp3) is 0.889. The monoisotopic (exact) mass is 379 g/mol. The number of ether oxygens (including phenoxy) is 3. The molecular weight excluding hydrogens is 338 g/mol. The van der Waals surface area contributed by atoms with Gasteiger partial charge >= 0.3 is 0 Å². The van der Waals surface area contributed by atoms with Crippen LogP contribution in [0.2, 0.25) is 0 Å². The summed E-state index contributed by atoms with van der Waals surface area (Å²) in [6.07, 6.45) is 1.23. The number of aliphatic hydroxyl groups is 2. The van der Waals surface area contributed by atoms with E-state index in [9.17, 15) is 0 Å². The highest BCUT2D eigenvalue weighted by atomic mass is 16.7. The van der Waals surface area contributed by atoms with Crippen LogP contribution in [0.3, 0.4) is 0 Å². The van der Waals surface area contributed by atoms with E-state index in [2.05, 4.69) is 0 Å². The first kappa shape index (κ1) is 27.3. The first-order chi connectivity index (χ1) is 12.1. The molecule has 8 heteroatoms. The minimum atomic E-state index is -1.17. The number of nitrogens with zero attached hydrogens (tertiary/aromatic N) is 1. The smallest absolute Gasteiger partial charge is 0.163 e. The molecule has 0 aromatic heterocycles. The molecule has 0 radical (unpaired) electrons. The van der Waals surface area contributed by atoms with E-state index in [-0.39, 0.29) is 18.2 Å². The second kappa shape index (κ2) is 14.2. The van der Waals surface area contributed by atoms with Gasteiger partial charge in [0.05, 0.1) is 12.6 Å². The molecular formula is C18H41N3O5. The highest BCUT2D eigenvalue weighted by molar-refractivity contribution is 4.98. The lowest BCUT2D eigenvalue weighted by atomic mass is 9.97. The van der Waals surface area contributed by atoms with E-state index in [0.29, 0.717) is 18.9 Å². The van der Waals surface area contributed by atoms with Crippen LogP contribution in [-0.4, -0.2) is 58.8 Å². The van der Waals surface area contributed by atoms with Crippen molar-refractivity contribution < 1.29 is 24.4 Å². The van der Waals surface area contributed by atoms with E-state index < -0.39 is 12.1 Å². The van der Waals surface area contributed by atoms with Gasteiger partial charge in [-0.2, -0.15) is 0 Å². The maximum absolute atomic E-state index is 7.61. The van der Waals surface area contributed by atoms with Crippen LogP contribution in [0.15, 0.2) is 11.9 Å². The van der Waals surface area contributed by atoms with E-state index in [4.69, 9.17) is 36.0 Å². The summed E-state index contributed by atoms with van der Waals surface area (Å²) in [5, 5.41) is 16.9. The van der Waals surface area contributed by atoms with Crippen molar-refractivity contribution in [2.75, 3.05) is 13.2 Å². The summed E-state index contributed by atoms with van der Waals surface area (Å²) in [4.78, 5) is 0. The predicted octanol–water partition coefficient (Wildman–Crippen LogP) is 1.66. The normalized spacial score (nSPS) is 26.8. The topological polar surface area (TPSA) is 123 Å².